The van der Waals surface area contributed by atoms with E-state index in [1.54, 1.807) is 0 Å². The number of nitrogens with zero attached hydrogens (tertiary/aromatic N) is 1. The topological polar surface area (TPSA) is 12.4 Å². The monoisotopic (exact) mass is 183 g/mol. The summed E-state index contributed by atoms with van der Waals surface area (Å²) in [4.78, 5) is 4.57. The maximum atomic E-state index is 4.57. The Morgan fingerprint density at radius 3 is 3.00 bits per heavy atom. The molecule has 68 valence electrons. The SMILES string of the molecule is CC1CCCC(C2=NCCS2)C1. The molecule has 2 heteroatoms. The highest BCUT2D eigenvalue weighted by atomic mass is 32.2. The van der Waals surface area contributed by atoms with Crippen LogP contribution in [0.15, 0.2) is 4.99 Å². The van der Waals surface area contributed by atoms with Crippen LogP contribution < -0.4 is 0 Å². The van der Waals surface area contributed by atoms with Gasteiger partial charge < -0.3 is 0 Å². The molecule has 2 atom stereocenters. The summed E-state index contributed by atoms with van der Waals surface area (Å²) >= 11 is 2.00. The zero-order chi connectivity index (χ0) is 8.39. The Balaban J connectivity index is 1.94. The summed E-state index contributed by atoms with van der Waals surface area (Å²) in [6.45, 7) is 3.46. The third-order valence-electron chi connectivity index (χ3n) is 2.89. The smallest absolute Gasteiger partial charge is 0.0707 e. The van der Waals surface area contributed by atoms with Gasteiger partial charge in [0.05, 0.1) is 5.04 Å². The summed E-state index contributed by atoms with van der Waals surface area (Å²) < 4.78 is 0. The second kappa shape index (κ2) is 3.82. The van der Waals surface area contributed by atoms with Crippen LogP contribution in [0.25, 0.3) is 0 Å². The van der Waals surface area contributed by atoms with Crippen LogP contribution in [0.3, 0.4) is 0 Å². The van der Waals surface area contributed by atoms with Gasteiger partial charge in [-0.1, -0.05) is 19.8 Å². The Morgan fingerprint density at radius 1 is 1.42 bits per heavy atom. The molecule has 2 rings (SSSR count). The molecule has 1 aliphatic heterocycles. The van der Waals surface area contributed by atoms with Gasteiger partial charge in [0.15, 0.2) is 0 Å². The average molecular weight is 183 g/mol. The first-order chi connectivity index (χ1) is 5.86. The maximum Gasteiger partial charge on any atom is 0.0707 e. The van der Waals surface area contributed by atoms with E-state index in [4.69, 9.17) is 0 Å². The molecular formula is C10H17NS. The molecule has 0 aromatic rings. The minimum absolute atomic E-state index is 0.834. The Kier molecular flexibility index (Phi) is 2.74. The molecule has 0 spiro atoms. The second-order valence-corrected chi connectivity index (χ2v) is 5.15. The molecule has 1 saturated carbocycles. The lowest BCUT2D eigenvalue weighted by Gasteiger charge is -2.26. The average Bonchev–Trinajstić information content (AvgIpc) is 2.56. The predicted octanol–water partition coefficient (Wildman–Crippen LogP) is 2.96. The Hall–Kier alpha value is 0.0200. The fraction of sp³-hybridized carbons (Fsp3) is 0.900. The number of rotatable bonds is 1. The van der Waals surface area contributed by atoms with E-state index >= 15 is 0 Å². The van der Waals surface area contributed by atoms with E-state index in [9.17, 15) is 0 Å². The van der Waals surface area contributed by atoms with Crippen LogP contribution in [0.5, 0.6) is 0 Å². The molecule has 2 aliphatic rings. The zero-order valence-electron chi connectivity index (χ0n) is 7.75. The number of thioether (sulfide) groups is 1. The first-order valence-electron chi connectivity index (χ1n) is 5.03. The third kappa shape index (κ3) is 1.85. The van der Waals surface area contributed by atoms with Crippen molar-refractivity contribution in [3.8, 4) is 0 Å². The lowest BCUT2D eigenvalue weighted by Crippen LogP contribution is -2.18. The summed E-state index contributed by atoms with van der Waals surface area (Å²) in [5, 5.41) is 1.47. The molecule has 0 amide bonds. The fourth-order valence-corrected chi connectivity index (χ4v) is 3.28. The number of hydrogen-bond acceptors (Lipinski definition) is 2. The van der Waals surface area contributed by atoms with E-state index in [-0.39, 0.29) is 0 Å². The first kappa shape index (κ1) is 8.61. The van der Waals surface area contributed by atoms with E-state index in [0.717, 1.165) is 18.4 Å². The summed E-state index contributed by atoms with van der Waals surface area (Å²) in [7, 11) is 0. The molecule has 1 fully saturated rings. The normalized spacial score (nSPS) is 36.6. The summed E-state index contributed by atoms with van der Waals surface area (Å²) in [6.07, 6.45) is 5.65. The molecule has 0 saturated heterocycles. The van der Waals surface area contributed by atoms with Crippen molar-refractivity contribution in [1.29, 1.82) is 0 Å². The first-order valence-corrected chi connectivity index (χ1v) is 6.02. The van der Waals surface area contributed by atoms with E-state index in [1.807, 2.05) is 11.8 Å². The van der Waals surface area contributed by atoms with Crippen LogP contribution in [0, 0.1) is 11.8 Å². The molecular weight excluding hydrogens is 166 g/mol. The summed E-state index contributed by atoms with van der Waals surface area (Å²) in [6, 6.07) is 0. The van der Waals surface area contributed by atoms with Crippen molar-refractivity contribution in [2.75, 3.05) is 12.3 Å². The van der Waals surface area contributed by atoms with E-state index in [0.29, 0.717) is 0 Å². The van der Waals surface area contributed by atoms with E-state index in [2.05, 4.69) is 11.9 Å². The largest absolute Gasteiger partial charge is 0.282 e. The highest BCUT2D eigenvalue weighted by Crippen LogP contribution is 2.33. The van der Waals surface area contributed by atoms with Crippen molar-refractivity contribution in [2.24, 2.45) is 16.8 Å². The minimum Gasteiger partial charge on any atom is -0.282 e. The van der Waals surface area contributed by atoms with Gasteiger partial charge in [0.25, 0.3) is 0 Å². The quantitative estimate of drug-likeness (QED) is 0.609. The third-order valence-corrected chi connectivity index (χ3v) is 4.04. The Bertz CT molecular complexity index is 188. The standard InChI is InChI=1S/C10H17NS/c1-8-3-2-4-9(7-8)10-11-5-6-12-10/h8-9H,2-7H2,1H3. The lowest BCUT2D eigenvalue weighted by atomic mass is 9.83. The molecule has 0 bridgehead atoms. The van der Waals surface area contributed by atoms with Gasteiger partial charge in [0.2, 0.25) is 0 Å². The summed E-state index contributed by atoms with van der Waals surface area (Å²) in [5.74, 6) is 3.01. The predicted molar refractivity (Wildman–Crippen MR) is 55.9 cm³/mol. The van der Waals surface area contributed by atoms with Crippen molar-refractivity contribution in [3.63, 3.8) is 0 Å². The highest BCUT2D eigenvalue weighted by molar-refractivity contribution is 8.14. The van der Waals surface area contributed by atoms with Gasteiger partial charge in [0, 0.05) is 18.2 Å². The van der Waals surface area contributed by atoms with Gasteiger partial charge >= 0.3 is 0 Å². The van der Waals surface area contributed by atoms with E-state index in [1.165, 1.54) is 36.5 Å². The van der Waals surface area contributed by atoms with Crippen molar-refractivity contribution < 1.29 is 0 Å². The van der Waals surface area contributed by atoms with E-state index < -0.39 is 0 Å². The van der Waals surface area contributed by atoms with Crippen LogP contribution in [-0.4, -0.2) is 17.3 Å². The van der Waals surface area contributed by atoms with Gasteiger partial charge in [-0.05, 0) is 18.8 Å². The van der Waals surface area contributed by atoms with Crippen LogP contribution in [0.1, 0.15) is 32.6 Å². The minimum atomic E-state index is 0.834. The molecule has 1 nitrogen and oxygen atoms in total. The molecule has 12 heavy (non-hydrogen) atoms. The van der Waals surface area contributed by atoms with Gasteiger partial charge in [0.1, 0.15) is 0 Å². The van der Waals surface area contributed by atoms with Gasteiger partial charge in [-0.2, -0.15) is 0 Å². The lowest BCUT2D eigenvalue weighted by molar-refractivity contribution is 0.342. The molecule has 0 N–H and O–H groups in total. The maximum absolute atomic E-state index is 4.57. The van der Waals surface area contributed by atoms with Crippen LogP contribution >= 0.6 is 11.8 Å². The van der Waals surface area contributed by atoms with Crippen molar-refractivity contribution >= 4 is 16.8 Å². The number of aliphatic imine (C=N–C) groups is 1. The van der Waals surface area contributed by atoms with Crippen LogP contribution in [0.4, 0.5) is 0 Å². The Labute approximate surface area is 79.0 Å². The molecule has 0 aromatic heterocycles. The van der Waals surface area contributed by atoms with Crippen LogP contribution in [0.2, 0.25) is 0 Å². The molecule has 1 heterocycles. The van der Waals surface area contributed by atoms with Crippen molar-refractivity contribution in [1.82, 2.24) is 0 Å². The number of hydrogen-bond donors (Lipinski definition) is 0. The fourth-order valence-electron chi connectivity index (χ4n) is 2.26. The van der Waals surface area contributed by atoms with Gasteiger partial charge in [-0.25, -0.2) is 0 Å². The summed E-state index contributed by atoms with van der Waals surface area (Å²) in [5.41, 5.74) is 0. The van der Waals surface area contributed by atoms with Gasteiger partial charge in [-0.3, -0.25) is 4.99 Å². The van der Waals surface area contributed by atoms with Crippen LogP contribution in [-0.2, 0) is 0 Å². The van der Waals surface area contributed by atoms with Crippen molar-refractivity contribution in [3.05, 3.63) is 0 Å². The second-order valence-electron chi connectivity index (χ2n) is 4.04. The zero-order valence-corrected chi connectivity index (χ0v) is 8.57. The van der Waals surface area contributed by atoms with Gasteiger partial charge in [-0.15, -0.1) is 11.8 Å². The molecule has 0 radical (unpaired) electrons. The molecule has 0 aromatic carbocycles. The molecule has 2 unspecified atom stereocenters. The molecule has 1 aliphatic carbocycles. The van der Waals surface area contributed by atoms with Crippen molar-refractivity contribution in [2.45, 2.75) is 32.6 Å². The highest BCUT2D eigenvalue weighted by Gasteiger charge is 2.24. The Morgan fingerprint density at radius 2 is 2.33 bits per heavy atom.